The van der Waals surface area contributed by atoms with Crippen LogP contribution in [0.5, 0.6) is 5.75 Å². The van der Waals surface area contributed by atoms with E-state index in [1.807, 2.05) is 24.3 Å². The quantitative estimate of drug-likeness (QED) is 0.304. The molecule has 0 aromatic heterocycles. The molecule has 2 aromatic carbocycles. The van der Waals surface area contributed by atoms with Crippen LogP contribution in [-0.4, -0.2) is 45.4 Å². The molecule has 6 heteroatoms. The van der Waals surface area contributed by atoms with Crippen LogP contribution >= 0.6 is 24.0 Å². The van der Waals surface area contributed by atoms with E-state index in [1.165, 1.54) is 5.39 Å². The highest BCUT2D eigenvalue weighted by molar-refractivity contribution is 14.0. The molecule has 2 aromatic rings. The van der Waals surface area contributed by atoms with E-state index in [1.54, 1.807) is 7.05 Å². The van der Waals surface area contributed by atoms with Crippen molar-refractivity contribution >= 4 is 40.7 Å². The van der Waals surface area contributed by atoms with Gasteiger partial charge >= 0.3 is 0 Å². The molecule has 0 amide bonds. The standard InChI is InChI=1S/C19H25N3O2.HI/c1-20-19(22-14-16-8-5-12-23-16)21-11-13-24-18-10-4-7-15-6-2-3-9-17(15)18;/h2-4,6-7,9-10,16H,5,8,11-14H2,1H3,(H2,20,21,22);1H. The lowest BCUT2D eigenvalue weighted by Crippen LogP contribution is -2.42. The number of hydrogen-bond acceptors (Lipinski definition) is 3. The van der Waals surface area contributed by atoms with E-state index in [4.69, 9.17) is 9.47 Å². The highest BCUT2D eigenvalue weighted by Gasteiger charge is 2.15. The first-order chi connectivity index (χ1) is 11.9. The maximum Gasteiger partial charge on any atom is 0.191 e. The van der Waals surface area contributed by atoms with Crippen LogP contribution in [0, 0.1) is 0 Å². The summed E-state index contributed by atoms with van der Waals surface area (Å²) in [5.74, 6) is 1.70. The Hall–Kier alpha value is -1.54. The summed E-state index contributed by atoms with van der Waals surface area (Å²) in [4.78, 5) is 4.23. The summed E-state index contributed by atoms with van der Waals surface area (Å²) in [7, 11) is 1.77. The van der Waals surface area contributed by atoms with E-state index in [0.717, 1.165) is 43.1 Å². The summed E-state index contributed by atoms with van der Waals surface area (Å²) in [6.45, 7) is 2.93. The van der Waals surface area contributed by atoms with Crippen LogP contribution in [0.3, 0.4) is 0 Å². The van der Waals surface area contributed by atoms with Crippen molar-refractivity contribution < 1.29 is 9.47 Å². The van der Waals surface area contributed by atoms with Crippen molar-refractivity contribution in [3.05, 3.63) is 42.5 Å². The minimum Gasteiger partial charge on any atom is -0.491 e. The van der Waals surface area contributed by atoms with Gasteiger partial charge in [0.1, 0.15) is 12.4 Å². The number of aliphatic imine (C=N–C) groups is 1. The third-order valence-corrected chi connectivity index (χ3v) is 4.15. The first-order valence-electron chi connectivity index (χ1n) is 8.53. The number of nitrogens with zero attached hydrogens (tertiary/aromatic N) is 1. The number of ether oxygens (including phenoxy) is 2. The Balaban J connectivity index is 0.00000225. The Labute approximate surface area is 166 Å². The van der Waals surface area contributed by atoms with E-state index in [-0.39, 0.29) is 24.0 Å². The summed E-state index contributed by atoms with van der Waals surface area (Å²) in [5.41, 5.74) is 0. The highest BCUT2D eigenvalue weighted by atomic mass is 127. The maximum absolute atomic E-state index is 5.92. The second-order valence-corrected chi connectivity index (χ2v) is 5.84. The van der Waals surface area contributed by atoms with Gasteiger partial charge in [-0.25, -0.2) is 0 Å². The van der Waals surface area contributed by atoms with Crippen molar-refractivity contribution in [1.82, 2.24) is 10.6 Å². The van der Waals surface area contributed by atoms with E-state index in [2.05, 4.69) is 33.8 Å². The van der Waals surface area contributed by atoms with Crippen LogP contribution < -0.4 is 15.4 Å². The lowest BCUT2D eigenvalue weighted by molar-refractivity contribution is 0.114. The van der Waals surface area contributed by atoms with Crippen molar-refractivity contribution in [2.45, 2.75) is 18.9 Å². The molecule has 0 aliphatic carbocycles. The first-order valence-corrected chi connectivity index (χ1v) is 8.53. The predicted octanol–water partition coefficient (Wildman–Crippen LogP) is 3.18. The monoisotopic (exact) mass is 455 g/mol. The molecule has 1 atom stereocenters. The Morgan fingerprint density at radius 3 is 2.84 bits per heavy atom. The fraction of sp³-hybridized carbons (Fsp3) is 0.421. The number of halogens is 1. The number of rotatable bonds is 6. The SMILES string of the molecule is CN=C(NCCOc1cccc2ccccc12)NCC1CCCO1.I. The summed E-state index contributed by atoms with van der Waals surface area (Å²) >= 11 is 0. The Kier molecular flexibility index (Phi) is 8.27. The fourth-order valence-electron chi connectivity index (χ4n) is 2.89. The maximum atomic E-state index is 5.92. The molecule has 0 bridgehead atoms. The summed E-state index contributed by atoms with van der Waals surface area (Å²) in [6, 6.07) is 14.4. The number of nitrogens with one attached hydrogen (secondary N) is 2. The minimum atomic E-state index is 0. The molecule has 0 saturated carbocycles. The van der Waals surface area contributed by atoms with Gasteiger partial charge in [0, 0.05) is 25.6 Å². The fourth-order valence-corrected chi connectivity index (χ4v) is 2.89. The van der Waals surface area contributed by atoms with E-state index < -0.39 is 0 Å². The third kappa shape index (κ3) is 5.74. The lowest BCUT2D eigenvalue weighted by Gasteiger charge is -2.15. The van der Waals surface area contributed by atoms with Crippen LogP contribution in [0.15, 0.2) is 47.5 Å². The van der Waals surface area contributed by atoms with Gasteiger partial charge in [0.15, 0.2) is 5.96 Å². The lowest BCUT2D eigenvalue weighted by atomic mass is 10.1. The Morgan fingerprint density at radius 1 is 1.20 bits per heavy atom. The molecule has 1 fully saturated rings. The molecule has 0 radical (unpaired) electrons. The second kappa shape index (κ2) is 10.5. The molecule has 25 heavy (non-hydrogen) atoms. The van der Waals surface area contributed by atoms with Crippen LogP contribution in [0.4, 0.5) is 0 Å². The van der Waals surface area contributed by atoms with Gasteiger partial charge in [0.2, 0.25) is 0 Å². The van der Waals surface area contributed by atoms with Crippen LogP contribution in [-0.2, 0) is 4.74 Å². The zero-order chi connectivity index (χ0) is 16.6. The molecule has 0 spiro atoms. The molecule has 3 rings (SSSR count). The van der Waals surface area contributed by atoms with Gasteiger partial charge in [-0.3, -0.25) is 4.99 Å². The molecule has 2 N–H and O–H groups in total. The molecule has 1 saturated heterocycles. The van der Waals surface area contributed by atoms with Crippen molar-refractivity contribution in [2.75, 3.05) is 33.4 Å². The van der Waals surface area contributed by atoms with Gasteiger partial charge in [-0.15, -0.1) is 24.0 Å². The van der Waals surface area contributed by atoms with Gasteiger partial charge in [0.25, 0.3) is 0 Å². The predicted molar refractivity (Wildman–Crippen MR) is 113 cm³/mol. The van der Waals surface area contributed by atoms with Gasteiger partial charge in [-0.05, 0) is 24.3 Å². The second-order valence-electron chi connectivity index (χ2n) is 5.84. The molecule has 136 valence electrons. The Morgan fingerprint density at radius 2 is 2.04 bits per heavy atom. The molecular formula is C19H26IN3O2. The van der Waals surface area contributed by atoms with Crippen molar-refractivity contribution in [2.24, 2.45) is 4.99 Å². The van der Waals surface area contributed by atoms with Crippen LogP contribution in [0.1, 0.15) is 12.8 Å². The first kappa shape index (κ1) is 19.8. The molecule has 1 heterocycles. The number of hydrogen-bond donors (Lipinski definition) is 2. The van der Waals surface area contributed by atoms with Gasteiger partial charge in [-0.1, -0.05) is 36.4 Å². The Bertz CT molecular complexity index is 682. The summed E-state index contributed by atoms with van der Waals surface area (Å²) < 4.78 is 11.5. The zero-order valence-corrected chi connectivity index (χ0v) is 16.9. The van der Waals surface area contributed by atoms with Crippen molar-refractivity contribution in [1.29, 1.82) is 0 Å². The van der Waals surface area contributed by atoms with Crippen LogP contribution in [0.2, 0.25) is 0 Å². The van der Waals surface area contributed by atoms with Gasteiger partial charge in [0.05, 0.1) is 12.6 Å². The third-order valence-electron chi connectivity index (χ3n) is 4.15. The topological polar surface area (TPSA) is 54.9 Å². The average Bonchev–Trinajstić information content (AvgIpc) is 3.15. The van der Waals surface area contributed by atoms with Crippen molar-refractivity contribution in [3.8, 4) is 5.75 Å². The molecule has 1 unspecified atom stereocenters. The van der Waals surface area contributed by atoms with Gasteiger partial charge < -0.3 is 20.1 Å². The van der Waals surface area contributed by atoms with E-state index in [0.29, 0.717) is 19.3 Å². The number of fused-ring (bicyclic) bond motifs is 1. The average molecular weight is 455 g/mol. The largest absolute Gasteiger partial charge is 0.491 e. The number of guanidine groups is 1. The molecule has 1 aliphatic heterocycles. The molecule has 1 aliphatic rings. The summed E-state index contributed by atoms with van der Waals surface area (Å²) in [5, 5.41) is 8.90. The van der Waals surface area contributed by atoms with Crippen LogP contribution in [0.25, 0.3) is 10.8 Å². The molecular weight excluding hydrogens is 429 g/mol. The molecule has 5 nitrogen and oxygen atoms in total. The number of benzene rings is 2. The van der Waals surface area contributed by atoms with Crippen molar-refractivity contribution in [3.63, 3.8) is 0 Å². The van der Waals surface area contributed by atoms with E-state index in [9.17, 15) is 0 Å². The highest BCUT2D eigenvalue weighted by Crippen LogP contribution is 2.24. The van der Waals surface area contributed by atoms with E-state index >= 15 is 0 Å². The smallest absolute Gasteiger partial charge is 0.191 e. The van der Waals surface area contributed by atoms with Gasteiger partial charge in [-0.2, -0.15) is 0 Å². The minimum absolute atomic E-state index is 0. The summed E-state index contributed by atoms with van der Waals surface area (Å²) in [6.07, 6.45) is 2.57. The zero-order valence-electron chi connectivity index (χ0n) is 14.5. The normalized spacial score (nSPS) is 17.2.